The molecule has 3 nitrogen and oxygen atoms in total. The van der Waals surface area contributed by atoms with Gasteiger partial charge in [-0.25, -0.2) is 0 Å². The predicted octanol–water partition coefficient (Wildman–Crippen LogP) is 4.13. The van der Waals surface area contributed by atoms with E-state index >= 15 is 0 Å². The average molecular weight is 348 g/mol. The lowest BCUT2D eigenvalue weighted by molar-refractivity contribution is -0.116. The molecule has 0 radical (unpaired) electrons. The van der Waals surface area contributed by atoms with Crippen LogP contribution < -0.4 is 10.6 Å². The number of hydrogen-bond acceptors (Lipinski definition) is 2. The van der Waals surface area contributed by atoms with Gasteiger partial charge >= 0.3 is 0 Å². The summed E-state index contributed by atoms with van der Waals surface area (Å²) in [6, 6.07) is 4.12. The first-order chi connectivity index (χ1) is 8.90. The van der Waals surface area contributed by atoms with Crippen LogP contribution in [0.25, 0.3) is 0 Å². The Balaban J connectivity index is 2.46. The van der Waals surface area contributed by atoms with Gasteiger partial charge in [-0.3, -0.25) is 4.79 Å². The molecule has 1 aromatic rings. The van der Waals surface area contributed by atoms with Crippen molar-refractivity contribution in [2.45, 2.75) is 39.7 Å². The van der Waals surface area contributed by atoms with Gasteiger partial charge in [-0.15, -0.1) is 0 Å². The number of carbonyl (C=O) groups is 1. The van der Waals surface area contributed by atoms with Gasteiger partial charge in [-0.2, -0.15) is 0 Å². The van der Waals surface area contributed by atoms with Crippen molar-refractivity contribution < 1.29 is 4.79 Å². The number of benzene rings is 1. The summed E-state index contributed by atoms with van der Waals surface area (Å²) in [7, 11) is 0. The maximum absolute atomic E-state index is 11.8. The zero-order chi connectivity index (χ0) is 14.4. The molecule has 0 aromatic heterocycles. The van der Waals surface area contributed by atoms with E-state index < -0.39 is 0 Å². The minimum atomic E-state index is 0.00572. The molecule has 5 heteroatoms. The van der Waals surface area contributed by atoms with E-state index in [2.05, 4.69) is 40.4 Å². The van der Waals surface area contributed by atoms with Crippen molar-refractivity contribution in [1.82, 2.24) is 5.32 Å². The summed E-state index contributed by atoms with van der Waals surface area (Å²) in [4.78, 5) is 11.8. The van der Waals surface area contributed by atoms with Crippen molar-refractivity contribution in [3.8, 4) is 0 Å². The monoisotopic (exact) mass is 346 g/mol. The van der Waals surface area contributed by atoms with Gasteiger partial charge < -0.3 is 10.6 Å². The van der Waals surface area contributed by atoms with Gasteiger partial charge in [0, 0.05) is 22.0 Å². The van der Waals surface area contributed by atoms with Crippen molar-refractivity contribution in [2.75, 3.05) is 11.9 Å². The highest BCUT2D eigenvalue weighted by Gasteiger charge is 2.08. The molecule has 0 aliphatic heterocycles. The molecule has 1 amide bonds. The van der Waals surface area contributed by atoms with Crippen LogP contribution in [0.4, 0.5) is 5.69 Å². The molecule has 19 heavy (non-hydrogen) atoms. The maximum atomic E-state index is 11.8. The third-order valence-electron chi connectivity index (χ3n) is 2.66. The van der Waals surface area contributed by atoms with Crippen LogP contribution in [-0.4, -0.2) is 18.5 Å². The van der Waals surface area contributed by atoms with Crippen LogP contribution in [-0.2, 0) is 4.79 Å². The first-order valence-corrected chi connectivity index (χ1v) is 7.56. The Morgan fingerprint density at radius 3 is 2.74 bits per heavy atom. The number of halogens is 2. The third kappa shape index (κ3) is 5.93. The summed E-state index contributed by atoms with van der Waals surface area (Å²) in [6.45, 7) is 6.95. The molecular formula is C14H20BrClN2O. The van der Waals surface area contributed by atoms with Crippen molar-refractivity contribution in [1.29, 1.82) is 0 Å². The number of carbonyl (C=O) groups excluding carboxylic acids is 1. The summed E-state index contributed by atoms with van der Waals surface area (Å²) in [5.41, 5.74) is 1.70. The lowest BCUT2D eigenvalue weighted by Gasteiger charge is -2.10. The molecule has 0 aliphatic rings. The Morgan fingerprint density at radius 1 is 1.42 bits per heavy atom. The molecule has 0 heterocycles. The van der Waals surface area contributed by atoms with Gasteiger partial charge in [-0.1, -0.05) is 25.4 Å². The topological polar surface area (TPSA) is 41.1 Å². The van der Waals surface area contributed by atoms with Gasteiger partial charge in [0.2, 0.25) is 5.91 Å². The SMILES string of the molecule is Cc1cc(Br)c(NC(=O)CCCNC(C)C)cc1Cl. The highest BCUT2D eigenvalue weighted by Crippen LogP contribution is 2.29. The van der Waals surface area contributed by atoms with E-state index in [9.17, 15) is 4.79 Å². The molecule has 0 saturated heterocycles. The van der Waals surface area contributed by atoms with Gasteiger partial charge in [0.1, 0.15) is 0 Å². The number of amides is 1. The highest BCUT2D eigenvalue weighted by atomic mass is 79.9. The normalized spacial score (nSPS) is 10.8. The van der Waals surface area contributed by atoms with E-state index in [0.717, 1.165) is 28.7 Å². The Kier molecular flexibility index (Phi) is 6.83. The second kappa shape index (κ2) is 7.88. The minimum Gasteiger partial charge on any atom is -0.325 e. The molecule has 0 fully saturated rings. The standard InChI is InChI=1S/C14H20BrClN2O/c1-9(2)17-6-4-5-14(19)18-13-8-12(16)10(3)7-11(13)15/h7-9,17H,4-6H2,1-3H3,(H,18,19). The van der Waals surface area contributed by atoms with Gasteiger partial charge in [0.15, 0.2) is 0 Å². The van der Waals surface area contributed by atoms with Crippen LogP contribution in [0.1, 0.15) is 32.3 Å². The number of nitrogens with one attached hydrogen (secondary N) is 2. The smallest absolute Gasteiger partial charge is 0.224 e. The molecule has 0 saturated carbocycles. The molecular weight excluding hydrogens is 328 g/mol. The maximum Gasteiger partial charge on any atom is 0.224 e. The average Bonchev–Trinajstić information content (AvgIpc) is 2.31. The summed E-state index contributed by atoms with van der Waals surface area (Å²) in [5, 5.41) is 6.80. The Bertz CT molecular complexity index is 449. The molecule has 0 bridgehead atoms. The number of hydrogen-bond donors (Lipinski definition) is 2. The Labute approximate surface area is 128 Å². The molecule has 0 aliphatic carbocycles. The fraction of sp³-hybridized carbons (Fsp3) is 0.500. The fourth-order valence-corrected chi connectivity index (χ4v) is 2.32. The van der Waals surface area contributed by atoms with E-state index in [1.54, 1.807) is 6.07 Å². The van der Waals surface area contributed by atoms with Crippen molar-refractivity contribution in [3.05, 3.63) is 27.2 Å². The second-order valence-electron chi connectivity index (χ2n) is 4.84. The second-order valence-corrected chi connectivity index (χ2v) is 6.10. The molecule has 106 valence electrons. The van der Waals surface area contributed by atoms with Crippen molar-refractivity contribution >= 4 is 39.1 Å². The summed E-state index contributed by atoms with van der Waals surface area (Å²) >= 11 is 9.47. The van der Waals surface area contributed by atoms with Crippen LogP contribution in [0.3, 0.4) is 0 Å². The van der Waals surface area contributed by atoms with Crippen LogP contribution >= 0.6 is 27.5 Å². The molecule has 2 N–H and O–H groups in total. The van der Waals surface area contributed by atoms with Gasteiger partial charge in [0.25, 0.3) is 0 Å². The lowest BCUT2D eigenvalue weighted by atomic mass is 10.2. The first kappa shape index (κ1) is 16.5. The van der Waals surface area contributed by atoms with Gasteiger partial charge in [0.05, 0.1) is 5.69 Å². The molecule has 0 atom stereocenters. The molecule has 0 spiro atoms. The van der Waals surface area contributed by atoms with E-state index in [-0.39, 0.29) is 5.91 Å². The zero-order valence-electron chi connectivity index (χ0n) is 11.5. The quantitative estimate of drug-likeness (QED) is 0.760. The number of rotatable bonds is 6. The first-order valence-electron chi connectivity index (χ1n) is 6.39. The third-order valence-corrected chi connectivity index (χ3v) is 3.72. The van der Waals surface area contributed by atoms with Gasteiger partial charge in [-0.05, 0) is 53.5 Å². The minimum absolute atomic E-state index is 0.00572. The zero-order valence-corrected chi connectivity index (χ0v) is 13.9. The van der Waals surface area contributed by atoms with E-state index in [0.29, 0.717) is 17.5 Å². The number of aryl methyl sites for hydroxylation is 1. The van der Waals surface area contributed by atoms with E-state index in [1.807, 2.05) is 13.0 Å². The van der Waals surface area contributed by atoms with Crippen LogP contribution in [0.15, 0.2) is 16.6 Å². The predicted molar refractivity (Wildman–Crippen MR) is 84.9 cm³/mol. The van der Waals surface area contributed by atoms with E-state index in [4.69, 9.17) is 11.6 Å². The van der Waals surface area contributed by atoms with E-state index in [1.165, 1.54) is 0 Å². The summed E-state index contributed by atoms with van der Waals surface area (Å²) in [6.07, 6.45) is 1.32. The molecule has 0 unspecified atom stereocenters. The van der Waals surface area contributed by atoms with Crippen molar-refractivity contribution in [2.24, 2.45) is 0 Å². The van der Waals surface area contributed by atoms with Crippen LogP contribution in [0, 0.1) is 6.92 Å². The van der Waals surface area contributed by atoms with Crippen molar-refractivity contribution in [3.63, 3.8) is 0 Å². The largest absolute Gasteiger partial charge is 0.325 e. The fourth-order valence-electron chi connectivity index (χ4n) is 1.59. The highest BCUT2D eigenvalue weighted by molar-refractivity contribution is 9.10. The Morgan fingerprint density at radius 2 is 2.11 bits per heavy atom. The summed E-state index contributed by atoms with van der Waals surface area (Å²) in [5.74, 6) is 0.00572. The Hall–Kier alpha value is -0.580. The summed E-state index contributed by atoms with van der Waals surface area (Å²) < 4.78 is 0.850. The molecule has 1 rings (SSSR count). The van der Waals surface area contributed by atoms with Crippen LogP contribution in [0.2, 0.25) is 5.02 Å². The molecule has 1 aromatic carbocycles. The lowest BCUT2D eigenvalue weighted by Crippen LogP contribution is -2.24. The van der Waals surface area contributed by atoms with Crippen LogP contribution in [0.5, 0.6) is 0 Å². The number of anilines is 1.